The summed E-state index contributed by atoms with van der Waals surface area (Å²) in [6, 6.07) is 1.38. The molecule has 1 aliphatic heterocycles. The van der Waals surface area contributed by atoms with E-state index in [4.69, 9.17) is 4.52 Å². The fourth-order valence-corrected chi connectivity index (χ4v) is 4.59. The van der Waals surface area contributed by atoms with E-state index >= 15 is 0 Å². The van der Waals surface area contributed by atoms with Crippen LogP contribution >= 0.6 is 0 Å². The van der Waals surface area contributed by atoms with Crippen molar-refractivity contribution in [2.24, 2.45) is 0 Å². The van der Waals surface area contributed by atoms with Gasteiger partial charge in [0.25, 0.3) is 11.6 Å². The highest BCUT2D eigenvalue weighted by Crippen LogP contribution is 2.21. The molecular formula is C15H19N3O4S. The molecule has 0 radical (unpaired) electrons. The van der Waals surface area contributed by atoms with Crippen LogP contribution in [0.1, 0.15) is 36.3 Å². The molecule has 3 rings (SSSR count). The Morgan fingerprint density at radius 2 is 2.26 bits per heavy atom. The maximum absolute atomic E-state index is 12.8. The number of nitrogens with zero attached hydrogens (tertiary/aromatic N) is 3. The fraction of sp³-hybridized carbons (Fsp3) is 0.533. The molecule has 8 heteroatoms. The third kappa shape index (κ3) is 3.08. The zero-order valence-electron chi connectivity index (χ0n) is 13.2. The number of carbonyl (C=O) groups excluding carboxylic acids is 1. The lowest BCUT2D eigenvalue weighted by molar-refractivity contribution is 0.0712. The summed E-state index contributed by atoms with van der Waals surface area (Å²) in [5, 5.41) is 4.66. The normalized spacial score (nSPS) is 21.3. The molecule has 0 spiro atoms. The number of hydrogen-bond acceptors (Lipinski definition) is 6. The van der Waals surface area contributed by atoms with Crippen LogP contribution in [0.3, 0.4) is 0 Å². The molecule has 0 bridgehead atoms. The molecule has 1 atom stereocenters. The predicted octanol–water partition coefficient (Wildman–Crippen LogP) is 1.43. The topological polar surface area (TPSA) is 93.4 Å². The molecule has 23 heavy (non-hydrogen) atoms. The molecule has 1 saturated heterocycles. The molecule has 2 aromatic rings. The van der Waals surface area contributed by atoms with Crippen molar-refractivity contribution in [1.29, 1.82) is 0 Å². The molecule has 0 aromatic carbocycles. The molecule has 0 saturated carbocycles. The van der Waals surface area contributed by atoms with E-state index in [2.05, 4.69) is 10.1 Å². The van der Waals surface area contributed by atoms with Gasteiger partial charge in [0.05, 0.1) is 28.1 Å². The lowest BCUT2D eigenvalue weighted by atomic mass is 10.1. The third-order valence-electron chi connectivity index (χ3n) is 4.13. The first-order valence-electron chi connectivity index (χ1n) is 7.67. The van der Waals surface area contributed by atoms with E-state index in [-0.39, 0.29) is 23.5 Å². The Morgan fingerprint density at radius 1 is 1.48 bits per heavy atom. The molecule has 3 heterocycles. The Hall–Kier alpha value is -1.96. The van der Waals surface area contributed by atoms with E-state index < -0.39 is 9.84 Å². The molecule has 1 amide bonds. The minimum Gasteiger partial charge on any atom is -0.336 e. The molecule has 7 nitrogen and oxygen atoms in total. The summed E-state index contributed by atoms with van der Waals surface area (Å²) in [4.78, 5) is 18.5. The van der Waals surface area contributed by atoms with Crippen LogP contribution < -0.4 is 0 Å². The second-order valence-corrected chi connectivity index (χ2v) is 8.10. The highest BCUT2D eigenvalue weighted by molar-refractivity contribution is 7.91. The van der Waals surface area contributed by atoms with Gasteiger partial charge in [0.15, 0.2) is 9.84 Å². The van der Waals surface area contributed by atoms with Gasteiger partial charge in [0.2, 0.25) is 0 Å². The number of fused-ring (bicyclic) bond motifs is 1. The number of aromatic nitrogens is 2. The molecular weight excluding hydrogens is 318 g/mol. The first-order valence-corrected chi connectivity index (χ1v) is 9.49. The number of pyridine rings is 1. The van der Waals surface area contributed by atoms with Crippen LogP contribution in [0.5, 0.6) is 0 Å². The first-order chi connectivity index (χ1) is 10.9. The molecule has 1 fully saturated rings. The number of sulfone groups is 1. The lowest BCUT2D eigenvalue weighted by Gasteiger charge is -2.26. The van der Waals surface area contributed by atoms with Gasteiger partial charge in [0.1, 0.15) is 0 Å². The van der Waals surface area contributed by atoms with Crippen LogP contribution in [-0.2, 0) is 16.3 Å². The van der Waals surface area contributed by atoms with Crippen LogP contribution in [-0.4, -0.2) is 53.5 Å². The van der Waals surface area contributed by atoms with Gasteiger partial charge in [-0.1, -0.05) is 12.1 Å². The second-order valence-electron chi connectivity index (χ2n) is 5.88. The zero-order valence-corrected chi connectivity index (χ0v) is 14.0. The highest BCUT2D eigenvalue weighted by atomic mass is 32.2. The van der Waals surface area contributed by atoms with Crippen molar-refractivity contribution < 1.29 is 17.7 Å². The van der Waals surface area contributed by atoms with Crippen molar-refractivity contribution in [1.82, 2.24) is 15.0 Å². The Morgan fingerprint density at radius 3 is 3.00 bits per heavy atom. The van der Waals surface area contributed by atoms with Gasteiger partial charge in [-0.25, -0.2) is 13.4 Å². The number of amides is 1. The Bertz CT molecular complexity index is 844. The number of aryl methyl sites for hydroxylation is 1. The van der Waals surface area contributed by atoms with Crippen molar-refractivity contribution in [2.45, 2.75) is 32.7 Å². The Kier molecular flexibility index (Phi) is 4.09. The minimum atomic E-state index is -3.09. The maximum atomic E-state index is 12.8. The Balaban J connectivity index is 1.93. The predicted molar refractivity (Wildman–Crippen MR) is 85.0 cm³/mol. The molecule has 0 aliphatic carbocycles. The van der Waals surface area contributed by atoms with Crippen LogP contribution in [0.4, 0.5) is 0 Å². The van der Waals surface area contributed by atoms with Gasteiger partial charge >= 0.3 is 0 Å². The van der Waals surface area contributed by atoms with Gasteiger partial charge in [-0.15, -0.1) is 0 Å². The summed E-state index contributed by atoms with van der Waals surface area (Å²) in [5.74, 6) is -0.0707. The lowest BCUT2D eigenvalue weighted by Crippen LogP contribution is -2.40. The van der Waals surface area contributed by atoms with Gasteiger partial charge in [-0.05, 0) is 25.8 Å². The highest BCUT2D eigenvalue weighted by Gasteiger charge is 2.29. The van der Waals surface area contributed by atoms with E-state index in [1.807, 2.05) is 6.92 Å². The van der Waals surface area contributed by atoms with E-state index in [0.29, 0.717) is 30.7 Å². The van der Waals surface area contributed by atoms with E-state index in [1.165, 1.54) is 6.20 Å². The standard InChI is InChI=1S/C15H19N3O4S/c1-3-13-12-7-11(8-16-14(12)22-17-13)15(19)18-5-4-6-23(20,21)9-10(18)2/h7-8,10H,3-6,9H2,1-2H3. The van der Waals surface area contributed by atoms with Crippen molar-refractivity contribution in [3.8, 4) is 0 Å². The molecule has 0 N–H and O–H groups in total. The summed E-state index contributed by atoms with van der Waals surface area (Å²) in [7, 11) is -3.09. The zero-order chi connectivity index (χ0) is 16.6. The van der Waals surface area contributed by atoms with E-state index in [0.717, 1.165) is 11.1 Å². The van der Waals surface area contributed by atoms with Gasteiger partial charge < -0.3 is 9.42 Å². The minimum absolute atomic E-state index is 0.00187. The quantitative estimate of drug-likeness (QED) is 0.823. The van der Waals surface area contributed by atoms with Crippen molar-refractivity contribution in [3.05, 3.63) is 23.5 Å². The summed E-state index contributed by atoms with van der Waals surface area (Å²) in [6.45, 7) is 4.15. The third-order valence-corrected chi connectivity index (χ3v) is 6.03. The summed E-state index contributed by atoms with van der Waals surface area (Å²) in [5.41, 5.74) is 1.60. The summed E-state index contributed by atoms with van der Waals surface area (Å²) >= 11 is 0. The van der Waals surface area contributed by atoms with Crippen molar-refractivity contribution in [3.63, 3.8) is 0 Å². The maximum Gasteiger partial charge on any atom is 0.257 e. The summed E-state index contributed by atoms with van der Waals surface area (Å²) < 4.78 is 28.8. The average molecular weight is 337 g/mol. The summed E-state index contributed by atoms with van der Waals surface area (Å²) in [6.07, 6.45) is 2.60. The van der Waals surface area contributed by atoms with Gasteiger partial charge in [0, 0.05) is 18.8 Å². The molecule has 2 aromatic heterocycles. The van der Waals surface area contributed by atoms with Crippen LogP contribution in [0.25, 0.3) is 11.1 Å². The first kappa shape index (κ1) is 15.9. The SMILES string of the molecule is CCc1noc2ncc(C(=O)N3CCCS(=O)(=O)CC3C)cc12. The number of hydrogen-bond donors (Lipinski definition) is 0. The Labute approximate surface area is 134 Å². The van der Waals surface area contributed by atoms with E-state index in [1.54, 1.807) is 17.9 Å². The largest absolute Gasteiger partial charge is 0.336 e. The fourth-order valence-electron chi connectivity index (χ4n) is 2.93. The molecule has 1 aliphatic rings. The monoisotopic (exact) mass is 337 g/mol. The number of carbonyl (C=O) groups is 1. The van der Waals surface area contributed by atoms with Crippen LogP contribution in [0.2, 0.25) is 0 Å². The van der Waals surface area contributed by atoms with Crippen molar-refractivity contribution in [2.75, 3.05) is 18.1 Å². The van der Waals surface area contributed by atoms with E-state index in [9.17, 15) is 13.2 Å². The second kappa shape index (κ2) is 5.92. The van der Waals surface area contributed by atoms with Gasteiger partial charge in [-0.3, -0.25) is 4.79 Å². The molecule has 124 valence electrons. The average Bonchev–Trinajstić information content (AvgIpc) is 2.86. The smallest absolute Gasteiger partial charge is 0.257 e. The number of rotatable bonds is 2. The molecule has 1 unspecified atom stereocenters. The van der Waals surface area contributed by atoms with Gasteiger partial charge in [-0.2, -0.15) is 0 Å². The van der Waals surface area contributed by atoms with Crippen molar-refractivity contribution >= 4 is 26.8 Å². The van der Waals surface area contributed by atoms with Crippen LogP contribution in [0.15, 0.2) is 16.8 Å². The van der Waals surface area contributed by atoms with Crippen LogP contribution in [0, 0.1) is 0 Å².